The Hall–Kier alpha value is -1.19. The van der Waals surface area contributed by atoms with Crippen molar-refractivity contribution in [3.8, 4) is 0 Å². The van der Waals surface area contributed by atoms with Gasteiger partial charge in [-0.15, -0.1) is 0 Å². The first-order chi connectivity index (χ1) is 14.0. The molecular formula is C25H19Cl3Sn. The van der Waals surface area contributed by atoms with Crippen LogP contribution in [0.15, 0.2) is 78.9 Å². The molecule has 0 N–H and O–H groups in total. The van der Waals surface area contributed by atoms with Crippen molar-refractivity contribution in [3.63, 3.8) is 0 Å². The Bertz CT molecular complexity index is 1280. The molecule has 0 bridgehead atoms. The normalized spacial score (nSPS) is 12.4. The third kappa shape index (κ3) is 4.05. The van der Waals surface area contributed by atoms with Gasteiger partial charge >= 0.3 is 187 Å². The van der Waals surface area contributed by atoms with Gasteiger partial charge < -0.3 is 0 Å². The molecule has 0 aliphatic rings. The molecule has 0 fully saturated rings. The molecule has 0 heterocycles. The average Bonchev–Trinajstić information content (AvgIpc) is 2.70. The van der Waals surface area contributed by atoms with E-state index in [1.165, 1.54) is 48.7 Å². The van der Waals surface area contributed by atoms with Crippen LogP contribution < -0.4 is 0 Å². The van der Waals surface area contributed by atoms with Gasteiger partial charge in [0.2, 0.25) is 0 Å². The molecule has 29 heavy (non-hydrogen) atoms. The minimum absolute atomic E-state index is 0.748. The minimum atomic E-state index is -3.34. The van der Waals surface area contributed by atoms with Crippen LogP contribution in [0.5, 0.6) is 0 Å². The van der Waals surface area contributed by atoms with Crippen molar-refractivity contribution in [1.82, 2.24) is 0 Å². The van der Waals surface area contributed by atoms with Crippen molar-refractivity contribution in [1.29, 1.82) is 0 Å². The van der Waals surface area contributed by atoms with Crippen LogP contribution in [-0.4, -0.2) is 15.0 Å². The molecule has 0 atom stereocenters. The van der Waals surface area contributed by atoms with E-state index in [0.29, 0.717) is 0 Å². The first kappa shape index (κ1) is 19.8. The Balaban J connectivity index is 1.79. The number of rotatable bonds is 4. The predicted molar refractivity (Wildman–Crippen MR) is 133 cm³/mol. The zero-order valence-corrected chi connectivity index (χ0v) is 20.9. The summed E-state index contributed by atoms with van der Waals surface area (Å²) >= 11 is -3.34. The van der Waals surface area contributed by atoms with Gasteiger partial charge in [-0.3, -0.25) is 0 Å². The number of fused-ring (bicyclic) bond motifs is 4. The molecular weight excluding hydrogens is 525 g/mol. The molecule has 0 aromatic heterocycles. The van der Waals surface area contributed by atoms with Crippen LogP contribution in [0.1, 0.15) is 12.0 Å². The summed E-state index contributed by atoms with van der Waals surface area (Å²) < 4.78 is 0.748. The number of hydrogen-bond acceptors (Lipinski definition) is 0. The Morgan fingerprint density at radius 1 is 0.552 bits per heavy atom. The average molecular weight is 544 g/mol. The maximum atomic E-state index is 6.23. The fourth-order valence-electron chi connectivity index (χ4n) is 4.32. The zero-order chi connectivity index (χ0) is 20.0. The van der Waals surface area contributed by atoms with Gasteiger partial charge in [-0.2, -0.15) is 0 Å². The van der Waals surface area contributed by atoms with Gasteiger partial charge in [-0.25, -0.2) is 0 Å². The molecule has 0 nitrogen and oxygen atoms in total. The van der Waals surface area contributed by atoms with Crippen LogP contribution in [0.2, 0.25) is 4.44 Å². The molecule has 0 saturated heterocycles. The molecule has 0 spiro atoms. The fourth-order valence-corrected chi connectivity index (χ4v) is 8.66. The number of benzene rings is 5. The predicted octanol–water partition coefficient (Wildman–Crippen LogP) is 8.89. The van der Waals surface area contributed by atoms with Crippen LogP contribution in [0.4, 0.5) is 0 Å². The van der Waals surface area contributed by atoms with Gasteiger partial charge in [-0.1, -0.05) is 0 Å². The second-order valence-electron chi connectivity index (χ2n) is 7.66. The number of hydrogen-bond donors (Lipinski definition) is 0. The van der Waals surface area contributed by atoms with E-state index in [-0.39, 0.29) is 0 Å². The van der Waals surface area contributed by atoms with E-state index < -0.39 is 15.0 Å². The third-order valence-corrected chi connectivity index (χ3v) is 12.1. The van der Waals surface area contributed by atoms with Crippen LogP contribution >= 0.6 is 26.8 Å². The second kappa shape index (κ2) is 7.81. The zero-order valence-electron chi connectivity index (χ0n) is 15.8. The summed E-state index contributed by atoms with van der Waals surface area (Å²) in [4.78, 5) is 0. The van der Waals surface area contributed by atoms with Gasteiger partial charge in [0.15, 0.2) is 0 Å². The summed E-state index contributed by atoms with van der Waals surface area (Å²) in [6, 6.07) is 28.7. The van der Waals surface area contributed by atoms with E-state index in [1.54, 1.807) is 0 Å². The van der Waals surface area contributed by atoms with Crippen LogP contribution in [0.3, 0.4) is 0 Å². The van der Waals surface area contributed by atoms with Gasteiger partial charge in [0, 0.05) is 0 Å². The molecule has 0 aliphatic heterocycles. The summed E-state index contributed by atoms with van der Waals surface area (Å²) in [7, 11) is 18.7. The summed E-state index contributed by atoms with van der Waals surface area (Å²) in [5, 5.41) is 10.2. The SMILES string of the molecule is [Cl][Sn]([Cl])([Cl])[CH2]CCc1c2cc3ccccc3cc2cc2cc3ccccc3cc12. The molecule has 5 rings (SSSR count). The van der Waals surface area contributed by atoms with E-state index in [9.17, 15) is 0 Å². The standard InChI is InChI=1S/C25H19.3ClH.Sn/c1-2-7-23-24-15-19-10-5-3-8-17(19)12-21(24)14-22-13-18-9-4-6-11-20(18)16-25(22)23;;;;/h3-6,8-16H,1-2,7H2;3*1H;/q;;;;+3/p-3. The van der Waals surface area contributed by atoms with Gasteiger partial charge in [0.05, 0.1) is 0 Å². The van der Waals surface area contributed by atoms with E-state index in [0.717, 1.165) is 17.3 Å². The Labute approximate surface area is 185 Å². The number of halogens is 3. The molecule has 0 amide bonds. The molecule has 0 aliphatic carbocycles. The quantitative estimate of drug-likeness (QED) is 0.157. The van der Waals surface area contributed by atoms with Crippen molar-refractivity contribution in [3.05, 3.63) is 84.4 Å². The van der Waals surface area contributed by atoms with Gasteiger partial charge in [0.25, 0.3) is 0 Å². The van der Waals surface area contributed by atoms with Crippen molar-refractivity contribution in [2.45, 2.75) is 17.3 Å². The molecule has 0 radical (unpaired) electrons. The summed E-state index contributed by atoms with van der Waals surface area (Å²) in [5.41, 5.74) is 1.37. The van der Waals surface area contributed by atoms with Gasteiger partial charge in [-0.05, 0) is 0 Å². The van der Waals surface area contributed by atoms with Crippen molar-refractivity contribution in [2.75, 3.05) is 0 Å². The van der Waals surface area contributed by atoms with Crippen molar-refractivity contribution >= 4 is 84.9 Å². The molecule has 0 unspecified atom stereocenters. The topological polar surface area (TPSA) is 0 Å². The Morgan fingerprint density at radius 3 is 1.41 bits per heavy atom. The van der Waals surface area contributed by atoms with Crippen LogP contribution in [0, 0.1) is 0 Å². The molecule has 0 saturated carbocycles. The first-order valence-electron chi connectivity index (χ1n) is 9.82. The summed E-state index contributed by atoms with van der Waals surface area (Å²) in [6.07, 6.45) is 1.84. The molecule has 5 aromatic rings. The van der Waals surface area contributed by atoms with Crippen molar-refractivity contribution < 1.29 is 0 Å². The van der Waals surface area contributed by atoms with Gasteiger partial charge in [0.1, 0.15) is 0 Å². The van der Waals surface area contributed by atoms with E-state index in [2.05, 4.69) is 78.9 Å². The van der Waals surface area contributed by atoms with E-state index >= 15 is 0 Å². The molecule has 144 valence electrons. The van der Waals surface area contributed by atoms with E-state index in [1.807, 2.05) is 0 Å². The fraction of sp³-hybridized carbons (Fsp3) is 0.120. The van der Waals surface area contributed by atoms with Crippen LogP contribution in [0.25, 0.3) is 43.1 Å². The maximum absolute atomic E-state index is 6.23. The molecule has 5 aromatic carbocycles. The monoisotopic (exact) mass is 544 g/mol. The number of aryl methyl sites for hydroxylation is 1. The Morgan fingerprint density at radius 2 is 0.966 bits per heavy atom. The second-order valence-corrected chi connectivity index (χ2v) is 29.5. The van der Waals surface area contributed by atoms with E-state index in [4.69, 9.17) is 26.8 Å². The Kier molecular flexibility index (Phi) is 5.32. The molecule has 4 heteroatoms. The first-order valence-corrected chi connectivity index (χ1v) is 22.7. The van der Waals surface area contributed by atoms with Crippen LogP contribution in [-0.2, 0) is 6.42 Å². The summed E-state index contributed by atoms with van der Waals surface area (Å²) in [6.45, 7) is 0. The summed E-state index contributed by atoms with van der Waals surface area (Å²) in [5.74, 6) is 0. The third-order valence-electron chi connectivity index (χ3n) is 5.68. The van der Waals surface area contributed by atoms with Crippen molar-refractivity contribution in [2.24, 2.45) is 0 Å².